The summed E-state index contributed by atoms with van der Waals surface area (Å²) in [7, 11) is 1.40. The number of esters is 1. The van der Waals surface area contributed by atoms with Gasteiger partial charge in [0, 0.05) is 16.3 Å². The van der Waals surface area contributed by atoms with Crippen LogP contribution in [0, 0.1) is 6.92 Å². The van der Waals surface area contributed by atoms with E-state index in [2.05, 4.69) is 4.74 Å². The molecule has 0 bridgehead atoms. The van der Waals surface area contributed by atoms with Crippen molar-refractivity contribution in [2.75, 3.05) is 18.6 Å². The molecule has 0 saturated carbocycles. The van der Waals surface area contributed by atoms with Crippen molar-refractivity contribution in [3.63, 3.8) is 0 Å². The van der Waals surface area contributed by atoms with Crippen molar-refractivity contribution in [1.29, 1.82) is 0 Å². The maximum Gasteiger partial charge on any atom is 0.306 e. The Labute approximate surface area is 94.0 Å². The summed E-state index contributed by atoms with van der Waals surface area (Å²) in [5.41, 5.74) is 7.61. The lowest BCUT2D eigenvalue weighted by Gasteiger charge is -2.05. The fourth-order valence-corrected chi connectivity index (χ4v) is 2.12. The largest absolute Gasteiger partial charge is 0.469 e. The zero-order valence-corrected chi connectivity index (χ0v) is 9.76. The number of ether oxygens (including phenoxy) is 1. The Hall–Kier alpha value is -1.16. The lowest BCUT2D eigenvalue weighted by molar-refractivity contribution is -0.140. The normalized spacial score (nSPS) is 10.0. The van der Waals surface area contributed by atoms with E-state index in [4.69, 9.17) is 5.73 Å². The van der Waals surface area contributed by atoms with Gasteiger partial charge in [0.2, 0.25) is 0 Å². The van der Waals surface area contributed by atoms with Crippen LogP contribution in [0.1, 0.15) is 12.0 Å². The molecule has 0 amide bonds. The summed E-state index contributed by atoms with van der Waals surface area (Å²) in [5, 5.41) is 0. The van der Waals surface area contributed by atoms with E-state index >= 15 is 0 Å². The van der Waals surface area contributed by atoms with E-state index in [1.165, 1.54) is 12.7 Å². The van der Waals surface area contributed by atoms with Crippen LogP contribution in [0.25, 0.3) is 0 Å². The molecule has 0 radical (unpaired) electrons. The smallest absolute Gasteiger partial charge is 0.306 e. The Bertz CT molecular complexity index is 352. The molecule has 0 heterocycles. The van der Waals surface area contributed by atoms with E-state index in [1.54, 1.807) is 11.8 Å². The summed E-state index contributed by atoms with van der Waals surface area (Å²) >= 11 is 1.62. The van der Waals surface area contributed by atoms with E-state index in [-0.39, 0.29) is 5.97 Å². The molecule has 0 aliphatic rings. The number of nitrogen functional groups attached to an aromatic ring is 1. The van der Waals surface area contributed by atoms with Crippen molar-refractivity contribution in [3.8, 4) is 0 Å². The number of benzene rings is 1. The molecule has 0 unspecified atom stereocenters. The molecule has 1 aromatic carbocycles. The number of hydrogen-bond donors (Lipinski definition) is 1. The molecular weight excluding hydrogens is 210 g/mol. The molecule has 0 spiro atoms. The van der Waals surface area contributed by atoms with E-state index < -0.39 is 0 Å². The predicted molar refractivity (Wildman–Crippen MR) is 62.9 cm³/mol. The summed E-state index contributed by atoms with van der Waals surface area (Å²) in [6.07, 6.45) is 0.426. The van der Waals surface area contributed by atoms with Crippen LogP contribution >= 0.6 is 11.8 Å². The zero-order chi connectivity index (χ0) is 11.3. The van der Waals surface area contributed by atoms with Gasteiger partial charge in [-0.15, -0.1) is 11.8 Å². The first kappa shape index (κ1) is 11.9. The molecule has 0 aromatic heterocycles. The van der Waals surface area contributed by atoms with Crippen LogP contribution in [-0.4, -0.2) is 18.8 Å². The van der Waals surface area contributed by atoms with Crippen LogP contribution in [-0.2, 0) is 9.53 Å². The molecule has 1 rings (SSSR count). The molecule has 0 aliphatic carbocycles. The van der Waals surface area contributed by atoms with Gasteiger partial charge in [-0.05, 0) is 24.6 Å². The molecule has 82 valence electrons. The highest BCUT2D eigenvalue weighted by Crippen LogP contribution is 2.25. The second kappa shape index (κ2) is 5.66. The molecule has 0 aliphatic heterocycles. The number of hydrogen-bond acceptors (Lipinski definition) is 4. The minimum absolute atomic E-state index is 0.177. The molecular formula is C11H15NO2S. The summed E-state index contributed by atoms with van der Waals surface area (Å²) in [5.74, 6) is 0.542. The van der Waals surface area contributed by atoms with E-state index in [9.17, 15) is 4.79 Å². The van der Waals surface area contributed by atoms with Gasteiger partial charge in [-0.25, -0.2) is 0 Å². The number of anilines is 1. The summed E-state index contributed by atoms with van der Waals surface area (Å²) < 4.78 is 4.57. The molecule has 15 heavy (non-hydrogen) atoms. The molecule has 4 heteroatoms. The maximum atomic E-state index is 10.9. The third-order valence-electron chi connectivity index (χ3n) is 2.00. The molecule has 3 nitrogen and oxygen atoms in total. The third kappa shape index (κ3) is 3.83. The first-order valence-corrected chi connectivity index (χ1v) is 5.68. The summed E-state index contributed by atoms with van der Waals surface area (Å²) in [6.45, 7) is 2.03. The lowest BCUT2D eigenvalue weighted by atomic mass is 10.2. The van der Waals surface area contributed by atoms with Gasteiger partial charge in [0.05, 0.1) is 13.5 Å². The van der Waals surface area contributed by atoms with Crippen molar-refractivity contribution < 1.29 is 9.53 Å². The lowest BCUT2D eigenvalue weighted by Crippen LogP contribution is -2.01. The summed E-state index contributed by atoms with van der Waals surface area (Å²) in [4.78, 5) is 12.0. The minimum Gasteiger partial charge on any atom is -0.469 e. The van der Waals surface area contributed by atoms with Crippen molar-refractivity contribution in [3.05, 3.63) is 23.8 Å². The van der Waals surface area contributed by atoms with Gasteiger partial charge in [0.1, 0.15) is 0 Å². The number of carbonyl (C=O) groups excluding carboxylic acids is 1. The highest BCUT2D eigenvalue weighted by Gasteiger charge is 2.03. The van der Waals surface area contributed by atoms with Crippen LogP contribution in [0.15, 0.2) is 23.1 Å². The van der Waals surface area contributed by atoms with Gasteiger partial charge in [-0.3, -0.25) is 4.79 Å². The Morgan fingerprint density at radius 3 is 2.93 bits per heavy atom. The quantitative estimate of drug-likeness (QED) is 0.485. The second-order valence-electron chi connectivity index (χ2n) is 3.20. The van der Waals surface area contributed by atoms with E-state index in [0.717, 1.165) is 16.3 Å². The van der Waals surface area contributed by atoms with Crippen molar-refractivity contribution >= 4 is 23.4 Å². The fraction of sp³-hybridized carbons (Fsp3) is 0.364. The SMILES string of the molecule is COC(=O)CCSc1cc(N)ccc1C. The summed E-state index contributed by atoms with van der Waals surface area (Å²) in [6, 6.07) is 5.78. The van der Waals surface area contributed by atoms with Gasteiger partial charge in [0.25, 0.3) is 0 Å². The monoisotopic (exact) mass is 225 g/mol. The topological polar surface area (TPSA) is 52.3 Å². The van der Waals surface area contributed by atoms with Crippen LogP contribution < -0.4 is 5.73 Å². The highest BCUT2D eigenvalue weighted by molar-refractivity contribution is 7.99. The molecule has 2 N–H and O–H groups in total. The number of rotatable bonds is 4. The second-order valence-corrected chi connectivity index (χ2v) is 4.34. The maximum absolute atomic E-state index is 10.9. The predicted octanol–water partition coefficient (Wildman–Crippen LogP) is 2.23. The Kier molecular flexibility index (Phi) is 4.49. The Morgan fingerprint density at radius 2 is 2.27 bits per heavy atom. The van der Waals surface area contributed by atoms with E-state index in [0.29, 0.717) is 6.42 Å². The number of aryl methyl sites for hydroxylation is 1. The molecule has 0 fully saturated rings. The van der Waals surface area contributed by atoms with Crippen molar-refractivity contribution in [2.24, 2.45) is 0 Å². The zero-order valence-electron chi connectivity index (χ0n) is 8.95. The van der Waals surface area contributed by atoms with Gasteiger partial charge in [0.15, 0.2) is 0 Å². The highest BCUT2D eigenvalue weighted by atomic mass is 32.2. The average molecular weight is 225 g/mol. The standard InChI is InChI=1S/C11H15NO2S/c1-8-3-4-9(12)7-10(8)15-6-5-11(13)14-2/h3-4,7H,5-6,12H2,1-2H3. The van der Waals surface area contributed by atoms with Gasteiger partial charge >= 0.3 is 5.97 Å². The third-order valence-corrected chi connectivity index (χ3v) is 3.16. The van der Waals surface area contributed by atoms with Crippen LogP contribution in [0.3, 0.4) is 0 Å². The minimum atomic E-state index is -0.177. The van der Waals surface area contributed by atoms with Crippen molar-refractivity contribution in [1.82, 2.24) is 0 Å². The first-order valence-electron chi connectivity index (χ1n) is 4.69. The van der Waals surface area contributed by atoms with Crippen LogP contribution in [0.5, 0.6) is 0 Å². The van der Waals surface area contributed by atoms with Gasteiger partial charge < -0.3 is 10.5 Å². The average Bonchev–Trinajstić information content (AvgIpc) is 2.23. The molecule has 0 atom stereocenters. The number of methoxy groups -OCH3 is 1. The number of nitrogens with two attached hydrogens (primary N) is 1. The van der Waals surface area contributed by atoms with Gasteiger partial charge in [-0.2, -0.15) is 0 Å². The van der Waals surface area contributed by atoms with Gasteiger partial charge in [-0.1, -0.05) is 6.07 Å². The van der Waals surface area contributed by atoms with Crippen molar-refractivity contribution in [2.45, 2.75) is 18.2 Å². The fourth-order valence-electron chi connectivity index (χ4n) is 1.12. The Balaban J connectivity index is 2.50. The Morgan fingerprint density at radius 1 is 1.53 bits per heavy atom. The van der Waals surface area contributed by atoms with Crippen LogP contribution in [0.2, 0.25) is 0 Å². The van der Waals surface area contributed by atoms with Crippen LogP contribution in [0.4, 0.5) is 5.69 Å². The number of thioether (sulfide) groups is 1. The molecule has 1 aromatic rings. The first-order chi connectivity index (χ1) is 7.13. The number of carbonyl (C=O) groups is 1. The molecule has 0 saturated heterocycles. The van der Waals surface area contributed by atoms with E-state index in [1.807, 2.05) is 25.1 Å².